The van der Waals surface area contributed by atoms with Gasteiger partial charge in [0.05, 0.1) is 42.8 Å². The number of nitrogens with one attached hydrogen (secondary N) is 10. The van der Waals surface area contributed by atoms with Crippen molar-refractivity contribution in [3.8, 4) is 5.75 Å². The minimum atomic E-state index is -1.83. The van der Waals surface area contributed by atoms with Crippen molar-refractivity contribution in [2.24, 2.45) is 35.0 Å². The number of H-pyrrole nitrogens is 3. The number of para-hydroxylation sites is 2. The Morgan fingerprint density at radius 2 is 1.19 bits per heavy atom. The number of ketones is 3. The number of aliphatic hydroxyl groups is 1. The molecular formula is C93H127N19O22S. The smallest absolute Gasteiger partial charge is 0.303 e. The maximum absolute atomic E-state index is 15.9. The van der Waals surface area contributed by atoms with Crippen molar-refractivity contribution in [1.29, 1.82) is 0 Å². The Kier molecular flexibility index (Phi) is 39.5. The summed E-state index contributed by atoms with van der Waals surface area (Å²) in [4.78, 5) is 282. The molecule has 6 aromatic rings. The molecule has 0 saturated carbocycles. The number of aliphatic hydroxyl groups excluding tert-OH is 1. The summed E-state index contributed by atoms with van der Waals surface area (Å²) in [5.74, 6) is -20.2. The van der Waals surface area contributed by atoms with Crippen LogP contribution in [-0.4, -0.2) is 310 Å². The highest BCUT2D eigenvalue weighted by Crippen LogP contribution is 2.30. The zero-order valence-electron chi connectivity index (χ0n) is 77.3. The Morgan fingerprint density at radius 3 is 1.79 bits per heavy atom. The molecule has 15 atom stereocenters. The molecule has 732 valence electrons. The van der Waals surface area contributed by atoms with Crippen molar-refractivity contribution in [2.45, 2.75) is 235 Å². The molecule has 3 aliphatic heterocycles. The molecule has 14 amide bonds. The van der Waals surface area contributed by atoms with Crippen LogP contribution in [0, 0.1) is 17.8 Å². The molecule has 19 N–H and O–H groups in total. The van der Waals surface area contributed by atoms with Crippen molar-refractivity contribution in [2.75, 3.05) is 65.5 Å². The number of phenolic OH excluding ortho intramolecular Hbond substituents is 1. The molecule has 3 fully saturated rings. The van der Waals surface area contributed by atoms with Gasteiger partial charge in [0.25, 0.3) is 0 Å². The fraction of sp³-hybridized carbons (Fsp3) is 0.538. The number of benzene rings is 3. The van der Waals surface area contributed by atoms with Gasteiger partial charge in [-0.2, -0.15) is 11.8 Å². The first-order valence-electron chi connectivity index (χ1n) is 45.5. The third kappa shape index (κ3) is 29.5. The maximum Gasteiger partial charge on any atom is 0.303 e. The van der Waals surface area contributed by atoms with Gasteiger partial charge >= 0.3 is 5.97 Å². The molecule has 135 heavy (non-hydrogen) atoms. The number of nitrogens with zero attached hydrogens (tertiary/aromatic N) is 6. The van der Waals surface area contributed by atoms with Gasteiger partial charge in [-0.3, -0.25) is 86.3 Å². The zero-order chi connectivity index (χ0) is 98.6. The predicted octanol–water partition coefficient (Wildman–Crippen LogP) is 0.290. The molecule has 3 saturated heterocycles. The van der Waals surface area contributed by atoms with E-state index in [4.69, 9.17) is 21.9 Å². The van der Waals surface area contributed by atoms with Crippen molar-refractivity contribution < 1.29 is 106 Å². The van der Waals surface area contributed by atoms with Gasteiger partial charge in [-0.15, -0.1) is 0 Å². The molecule has 0 spiro atoms. The summed E-state index contributed by atoms with van der Waals surface area (Å²) < 4.78 is 5.53. The number of carboxylic acid groups (broad SMARTS) is 1. The van der Waals surface area contributed by atoms with Crippen molar-refractivity contribution >= 4 is 140 Å². The van der Waals surface area contributed by atoms with Crippen LogP contribution in [0.25, 0.3) is 21.8 Å². The SMILES string of the molecule is CCCC[C@H]1C(=O)N[C@@H](CC(C)C)C(=O)C[C@H](C(=O)CCC(N)=O)CSCC(=O)N[C@@H](Cc2ccc(O)cc2)C(=O)N(C)[C@@H](C)C(=O)C[C@@H](CC(N)=O)C(=O)N2CCC[C@H]2C(=O)N[C@@H](Cc2cnc[nH]2)C(=O)N[C@@H](CCC(=O)O)C(=O)N2C[C@H](O)C[C@H]2C(=O)N[C@@H](Cc2c[nH]c3ccccc23)C(=O)N[C@@H](CCN)C(=O)N[C@@H](Cc2c[nH]c3ccccc23)C(=O)N(CCOC)[C@@H](C)C(=O)N1C. The van der Waals surface area contributed by atoms with Gasteiger partial charge in [-0.25, -0.2) is 4.98 Å². The number of thioether (sulfide) groups is 1. The number of methoxy groups -OCH3 is 1. The molecule has 3 aliphatic rings. The van der Waals surface area contributed by atoms with E-state index < -0.39 is 260 Å². The van der Waals surface area contributed by atoms with E-state index >= 15 is 38.4 Å². The lowest BCUT2D eigenvalue weighted by atomic mass is 9.90. The number of carbonyl (C=O) groups is 18. The topological polar surface area (TPSA) is 616 Å². The second-order valence-corrected chi connectivity index (χ2v) is 36.3. The molecular weight excluding hydrogens is 1770 g/mol. The molecule has 3 aromatic heterocycles. The summed E-state index contributed by atoms with van der Waals surface area (Å²) in [7, 11) is 3.98. The number of phenols is 1. The Bertz CT molecular complexity index is 5220. The number of primary amides is 2. The van der Waals surface area contributed by atoms with E-state index in [1.54, 1.807) is 74.8 Å². The lowest BCUT2D eigenvalue weighted by Gasteiger charge is -2.36. The highest BCUT2D eigenvalue weighted by atomic mass is 32.2. The van der Waals surface area contributed by atoms with E-state index in [0.29, 0.717) is 51.3 Å². The average Bonchev–Trinajstić information content (AvgIpc) is 1.73. The number of likely N-dealkylation sites (N-methyl/N-ethyl adjacent to an activating group) is 2. The van der Waals surface area contributed by atoms with E-state index in [-0.39, 0.29) is 107 Å². The molecule has 42 heteroatoms. The number of aliphatic carboxylic acids is 1. The summed E-state index contributed by atoms with van der Waals surface area (Å²) in [6.45, 7) is 6.78. The summed E-state index contributed by atoms with van der Waals surface area (Å²) in [5.41, 5.74) is 20.5. The first kappa shape index (κ1) is 106. The number of aromatic hydroxyl groups is 1. The third-order valence-corrected chi connectivity index (χ3v) is 25.9. The number of rotatable bonds is 27. The van der Waals surface area contributed by atoms with E-state index in [1.807, 2.05) is 6.92 Å². The van der Waals surface area contributed by atoms with Gasteiger partial charge in [-0.05, 0) is 106 Å². The molecule has 3 aromatic carbocycles. The highest BCUT2D eigenvalue weighted by Gasteiger charge is 2.47. The van der Waals surface area contributed by atoms with E-state index in [1.165, 1.54) is 76.7 Å². The lowest BCUT2D eigenvalue weighted by molar-refractivity contribution is -0.150. The van der Waals surface area contributed by atoms with Crippen LogP contribution in [0.3, 0.4) is 0 Å². The van der Waals surface area contributed by atoms with Gasteiger partial charge in [0.15, 0.2) is 11.6 Å². The number of Topliss-reactive ketones (excluding diaryl/α,β-unsaturated/α-hetero) is 3. The zero-order valence-corrected chi connectivity index (χ0v) is 78.1. The second kappa shape index (κ2) is 50.4. The van der Waals surface area contributed by atoms with Gasteiger partial charge in [0.2, 0.25) is 82.7 Å². The Balaban J connectivity index is 1.11. The van der Waals surface area contributed by atoms with E-state index in [0.717, 1.165) is 31.4 Å². The maximum atomic E-state index is 15.9. The number of carboxylic acids is 1. The fourth-order valence-corrected chi connectivity index (χ4v) is 18.2. The molecule has 0 unspecified atom stereocenters. The number of ether oxygens (including phenoxy) is 1. The predicted molar refractivity (Wildman–Crippen MR) is 495 cm³/mol. The van der Waals surface area contributed by atoms with Crippen LogP contribution in [0.5, 0.6) is 5.75 Å². The van der Waals surface area contributed by atoms with Gasteiger partial charge < -0.3 is 114 Å². The van der Waals surface area contributed by atoms with Gasteiger partial charge in [-0.1, -0.05) is 82.1 Å². The minimum absolute atomic E-state index is 0.0184. The fourth-order valence-electron chi connectivity index (χ4n) is 17.3. The summed E-state index contributed by atoms with van der Waals surface area (Å²) in [6.07, 6.45) is -0.743. The summed E-state index contributed by atoms with van der Waals surface area (Å²) in [6, 6.07) is 1.41. The second-order valence-electron chi connectivity index (χ2n) is 35.3. The molecule has 0 bridgehead atoms. The standard InChI is InChI=1S/C93H127N19O22S/c1-9-10-20-73-86(126)104-68(35-51(2)3)78(117)40-58(76(115)27-28-79(95)118)48-135-49-81(120)101-71(36-54-22-24-60(113)25-23-54)91(131)108(6)52(4)77(116)39-55(41-80(96)119)90(130)111-32-15-21-74(111)87(127)106-70(42-59-46-97-50-100-59)85(125)103-67(26-29-82(121)122)92(132)112-47-61(114)43-75(112)88(128)105-69(37-56-44-98-64-18-13-11-16-62(56)64)84(124)102-66(30-31-94)83(123)107-72(38-57-45-99-65-19-14-12-17-63(57)65)93(133)110(33-34-134-8)53(5)89(129)109(73)7/h11-14,16-19,22-25,44-46,50-53,55,58,61,66-75,98-99,113-114H,9-10,15,20-21,26-43,47-49,94H2,1-8H3,(H2,95,118)(H2,96,119)(H,97,100)(H,101,120)(H,102,124)(H,103,125)(H,104,126)(H,105,128)(H,106,127)(H,107,123)(H,121,122)/t52-,53-,55-,58-,61+,66-,67-,68-,69-,70-,71-,72-,73-,74-,75-/m0/s1. The Morgan fingerprint density at radius 1 is 0.593 bits per heavy atom. The Hall–Kier alpha value is -13.0. The quantitative estimate of drug-likeness (QED) is 0.0329. The van der Waals surface area contributed by atoms with E-state index in [2.05, 4.69) is 57.2 Å². The molecule has 0 aliphatic carbocycles. The average molecular weight is 1900 g/mol. The monoisotopic (exact) mass is 1890 g/mol. The number of fused-ring (bicyclic) bond motifs is 4. The third-order valence-electron chi connectivity index (χ3n) is 24.8. The molecule has 41 nitrogen and oxygen atoms in total. The van der Waals surface area contributed by atoms with E-state index in [9.17, 15) is 63.3 Å². The number of hydrogen-bond donors (Lipinski definition) is 16. The van der Waals surface area contributed by atoms with Crippen LogP contribution < -0.4 is 54.4 Å². The van der Waals surface area contributed by atoms with Crippen LogP contribution >= 0.6 is 11.8 Å². The number of amides is 14. The van der Waals surface area contributed by atoms with Crippen LogP contribution in [0.4, 0.5) is 0 Å². The largest absolute Gasteiger partial charge is 0.508 e. The van der Waals surface area contributed by atoms with Gasteiger partial charge in [0.1, 0.15) is 72.0 Å². The van der Waals surface area contributed by atoms with Crippen LogP contribution in [0.15, 0.2) is 97.7 Å². The highest BCUT2D eigenvalue weighted by molar-refractivity contribution is 7.99. The first-order valence-corrected chi connectivity index (χ1v) is 46.7. The van der Waals surface area contributed by atoms with Gasteiger partial charge in [0, 0.05) is 169 Å². The van der Waals surface area contributed by atoms with Crippen molar-refractivity contribution in [3.63, 3.8) is 0 Å². The summed E-state index contributed by atoms with van der Waals surface area (Å²) in [5, 5.41) is 52.2. The number of unbranched alkanes of at least 4 members (excludes halogenated alkanes) is 1. The Labute approximate surface area is 785 Å². The number of carbonyl (C=O) groups excluding carboxylic acids is 17. The molecule has 9 rings (SSSR count). The van der Waals surface area contributed by atoms with Crippen molar-refractivity contribution in [3.05, 3.63) is 120 Å². The molecule has 0 radical (unpaired) electrons. The van der Waals surface area contributed by atoms with Crippen LogP contribution in [-0.2, 0) is 117 Å². The summed E-state index contributed by atoms with van der Waals surface area (Å²) >= 11 is 0.891. The van der Waals surface area contributed by atoms with Crippen LogP contribution in [0.2, 0.25) is 0 Å². The number of nitrogens with two attached hydrogens (primary N) is 3. The lowest BCUT2D eigenvalue weighted by Crippen LogP contribution is -2.61. The number of hydrogen-bond acceptors (Lipinski definition) is 24. The van der Waals surface area contributed by atoms with Crippen LogP contribution in [0.1, 0.15) is 153 Å². The number of imidazole rings is 1. The number of aromatic nitrogens is 4. The first-order chi connectivity index (χ1) is 64.3. The van der Waals surface area contributed by atoms with Crippen molar-refractivity contribution in [1.82, 2.24) is 81.7 Å². The normalized spacial score (nSPS) is 24.9. The number of aromatic amines is 3. The molecule has 6 heterocycles. The minimum Gasteiger partial charge on any atom is -0.508 e.